The average Bonchev–Trinajstić information content (AvgIpc) is 3.24. The Morgan fingerprint density at radius 1 is 1.27 bits per heavy atom. The van der Waals surface area contributed by atoms with Crippen LogP contribution in [0.4, 0.5) is 4.39 Å². The Bertz CT molecular complexity index is 942. The van der Waals surface area contributed by atoms with Gasteiger partial charge in [0.1, 0.15) is 5.78 Å². The smallest absolute Gasteiger partial charge is 0.218 e. The Balaban J connectivity index is 1.41. The molecule has 2 aromatic heterocycles. The third kappa shape index (κ3) is 3.78. The van der Waals surface area contributed by atoms with Gasteiger partial charge in [0, 0.05) is 35.8 Å². The topological polar surface area (TPSA) is 57.0 Å². The molecular weight excluding hydrogens is 397 g/mol. The number of ketones is 1. The zero-order chi connectivity index (χ0) is 21.7. The van der Waals surface area contributed by atoms with Crippen LogP contribution in [0.15, 0.2) is 24.8 Å². The van der Waals surface area contributed by atoms with Crippen molar-refractivity contribution in [3.8, 4) is 11.3 Å². The number of carbonyl (C=O) groups excluding carboxylic acids is 1. The standard InChI is InChI=1S/C23H32FN3O2Si/c1-23(2,3)30(4,5)29-16-8-6-15(7-9-16)20(28)12-18-21-17(10-11-26-22(21)24)19-13-25-14-27(18)19/h10-11,13-16,18H,6-9,12H2,1-5H3. The Morgan fingerprint density at radius 3 is 2.63 bits per heavy atom. The normalized spacial score (nSPS) is 23.9. The SMILES string of the molecule is CC(C)(C)[Si](C)(C)OC1CCC(C(=O)CC2c3c(ccnc3F)-c3cncn32)CC1. The van der Waals surface area contributed by atoms with Crippen LogP contribution in [0.25, 0.3) is 11.3 Å². The molecule has 5 nitrogen and oxygen atoms in total. The number of nitrogens with zero attached hydrogens (tertiary/aromatic N) is 3. The van der Waals surface area contributed by atoms with E-state index in [4.69, 9.17) is 4.43 Å². The van der Waals surface area contributed by atoms with Crippen molar-refractivity contribution in [1.29, 1.82) is 0 Å². The summed E-state index contributed by atoms with van der Waals surface area (Å²) in [6.07, 6.45) is 8.99. The second-order valence-electron chi connectivity index (χ2n) is 10.3. The second-order valence-corrected chi connectivity index (χ2v) is 15.0. The molecule has 0 spiro atoms. The summed E-state index contributed by atoms with van der Waals surface area (Å²) in [5, 5.41) is 0.191. The number of hydrogen-bond donors (Lipinski definition) is 0. The molecule has 1 aliphatic heterocycles. The lowest BCUT2D eigenvalue weighted by atomic mass is 9.82. The lowest BCUT2D eigenvalue weighted by Gasteiger charge is -2.41. The van der Waals surface area contributed by atoms with Gasteiger partial charge < -0.3 is 8.99 Å². The monoisotopic (exact) mass is 429 g/mol. The zero-order valence-corrected chi connectivity index (χ0v) is 19.6. The molecule has 7 heteroatoms. The van der Waals surface area contributed by atoms with E-state index >= 15 is 0 Å². The number of aromatic nitrogens is 3. The summed E-state index contributed by atoms with van der Waals surface area (Å²) >= 11 is 0. The van der Waals surface area contributed by atoms with Gasteiger partial charge in [-0.15, -0.1) is 0 Å². The van der Waals surface area contributed by atoms with Gasteiger partial charge in [-0.25, -0.2) is 9.97 Å². The number of imidazole rings is 1. The maximum atomic E-state index is 14.5. The lowest BCUT2D eigenvalue weighted by molar-refractivity contribution is -0.124. The first-order valence-corrected chi connectivity index (χ1v) is 13.9. The molecule has 1 unspecified atom stereocenters. The van der Waals surface area contributed by atoms with Gasteiger partial charge in [-0.2, -0.15) is 4.39 Å². The molecule has 162 valence electrons. The van der Waals surface area contributed by atoms with Gasteiger partial charge in [-0.3, -0.25) is 4.79 Å². The van der Waals surface area contributed by atoms with E-state index in [0.29, 0.717) is 5.56 Å². The molecule has 1 atom stereocenters. The van der Waals surface area contributed by atoms with Crippen molar-refractivity contribution in [3.05, 3.63) is 36.3 Å². The first-order chi connectivity index (χ1) is 14.1. The fraction of sp³-hybridized carbons (Fsp3) is 0.609. The third-order valence-electron chi connectivity index (χ3n) is 7.34. The minimum absolute atomic E-state index is 0.0278. The van der Waals surface area contributed by atoms with Crippen molar-refractivity contribution in [2.24, 2.45) is 5.92 Å². The van der Waals surface area contributed by atoms with Gasteiger partial charge in [-0.1, -0.05) is 20.8 Å². The van der Waals surface area contributed by atoms with E-state index in [1.165, 1.54) is 6.20 Å². The van der Waals surface area contributed by atoms with Crippen molar-refractivity contribution in [1.82, 2.24) is 14.5 Å². The molecule has 1 fully saturated rings. The Labute approximate surface area is 179 Å². The maximum absolute atomic E-state index is 14.5. The van der Waals surface area contributed by atoms with Crippen LogP contribution in [0.5, 0.6) is 0 Å². The summed E-state index contributed by atoms with van der Waals surface area (Å²) in [4.78, 5) is 21.2. The Morgan fingerprint density at radius 2 is 1.97 bits per heavy atom. The molecular formula is C23H32FN3O2Si. The zero-order valence-electron chi connectivity index (χ0n) is 18.6. The first-order valence-electron chi connectivity index (χ1n) is 11.0. The second kappa shape index (κ2) is 7.68. The van der Waals surface area contributed by atoms with Gasteiger partial charge in [0.2, 0.25) is 5.95 Å². The molecule has 2 aromatic rings. The fourth-order valence-corrected chi connectivity index (χ4v) is 5.97. The summed E-state index contributed by atoms with van der Waals surface area (Å²) in [5.41, 5.74) is 2.18. The van der Waals surface area contributed by atoms with Crippen LogP contribution < -0.4 is 0 Å². The number of rotatable bonds is 5. The maximum Gasteiger partial charge on any atom is 0.218 e. The summed E-state index contributed by atoms with van der Waals surface area (Å²) in [5.74, 6) is -0.248. The number of fused-ring (bicyclic) bond motifs is 3. The molecule has 0 saturated heterocycles. The fourth-order valence-electron chi connectivity index (χ4n) is 4.54. The first kappa shape index (κ1) is 21.4. The van der Waals surface area contributed by atoms with Crippen LogP contribution in [0.2, 0.25) is 18.1 Å². The third-order valence-corrected chi connectivity index (χ3v) is 11.9. The van der Waals surface area contributed by atoms with Gasteiger partial charge in [0.25, 0.3) is 0 Å². The van der Waals surface area contributed by atoms with Crippen LogP contribution in [0.1, 0.15) is 64.5 Å². The highest BCUT2D eigenvalue weighted by atomic mass is 28.4. The lowest BCUT2D eigenvalue weighted by Crippen LogP contribution is -2.45. The molecule has 4 rings (SSSR count). The largest absolute Gasteiger partial charge is 0.414 e. The summed E-state index contributed by atoms with van der Waals surface area (Å²) in [6.45, 7) is 11.3. The van der Waals surface area contributed by atoms with E-state index in [1.807, 2.05) is 4.57 Å². The van der Waals surface area contributed by atoms with E-state index < -0.39 is 14.3 Å². The number of hydrogen-bond acceptors (Lipinski definition) is 4. The summed E-state index contributed by atoms with van der Waals surface area (Å²) in [6, 6.07) is 1.46. The summed E-state index contributed by atoms with van der Waals surface area (Å²) in [7, 11) is -1.79. The summed E-state index contributed by atoms with van der Waals surface area (Å²) < 4.78 is 23.0. The highest BCUT2D eigenvalue weighted by molar-refractivity contribution is 6.74. The Hall–Kier alpha value is -1.86. The molecule has 0 radical (unpaired) electrons. The van der Waals surface area contributed by atoms with Crippen LogP contribution in [-0.2, 0) is 9.22 Å². The van der Waals surface area contributed by atoms with Crippen LogP contribution >= 0.6 is 0 Å². The minimum atomic E-state index is -1.79. The number of Topliss-reactive ketones (excluding diaryl/α,β-unsaturated/α-hetero) is 1. The molecule has 1 saturated carbocycles. The minimum Gasteiger partial charge on any atom is -0.414 e. The van der Waals surface area contributed by atoms with Gasteiger partial charge in [-0.05, 0) is 49.9 Å². The van der Waals surface area contributed by atoms with E-state index in [0.717, 1.165) is 36.9 Å². The molecule has 0 N–H and O–H groups in total. The molecule has 3 heterocycles. The highest BCUT2D eigenvalue weighted by Crippen LogP contribution is 2.43. The van der Waals surface area contributed by atoms with Gasteiger partial charge >= 0.3 is 0 Å². The van der Waals surface area contributed by atoms with E-state index in [2.05, 4.69) is 43.8 Å². The van der Waals surface area contributed by atoms with Crippen LogP contribution in [-0.4, -0.2) is 34.7 Å². The van der Waals surface area contributed by atoms with Crippen LogP contribution in [0.3, 0.4) is 0 Å². The number of pyridine rings is 1. The predicted octanol–water partition coefficient (Wildman–Crippen LogP) is 5.53. The molecule has 0 aromatic carbocycles. The molecule has 0 bridgehead atoms. The quantitative estimate of drug-likeness (QED) is 0.463. The van der Waals surface area contributed by atoms with E-state index in [-0.39, 0.29) is 35.3 Å². The van der Waals surface area contributed by atoms with Gasteiger partial charge in [0.05, 0.1) is 24.3 Å². The molecule has 30 heavy (non-hydrogen) atoms. The highest BCUT2D eigenvalue weighted by Gasteiger charge is 2.41. The molecule has 2 aliphatic rings. The van der Waals surface area contributed by atoms with Crippen LogP contribution in [0, 0.1) is 11.9 Å². The van der Waals surface area contributed by atoms with Crippen molar-refractivity contribution in [3.63, 3.8) is 0 Å². The van der Waals surface area contributed by atoms with Crippen molar-refractivity contribution >= 4 is 14.1 Å². The number of halogens is 1. The van der Waals surface area contributed by atoms with Crippen molar-refractivity contribution in [2.75, 3.05) is 0 Å². The predicted molar refractivity (Wildman–Crippen MR) is 117 cm³/mol. The molecule has 1 aliphatic carbocycles. The van der Waals surface area contributed by atoms with Crippen molar-refractivity contribution in [2.45, 2.75) is 83.2 Å². The molecule has 0 amide bonds. The van der Waals surface area contributed by atoms with Crippen molar-refractivity contribution < 1.29 is 13.6 Å². The Kier molecular flexibility index (Phi) is 5.47. The van der Waals surface area contributed by atoms with Gasteiger partial charge in [0.15, 0.2) is 8.32 Å². The number of carbonyl (C=O) groups is 1. The van der Waals surface area contributed by atoms with E-state index in [9.17, 15) is 9.18 Å². The van der Waals surface area contributed by atoms with E-state index in [1.54, 1.807) is 18.6 Å². The average molecular weight is 430 g/mol.